The standard InChI is InChI=1S/C20H18N4O4/c1-12-6-7-14(24(27)28)8-18(12)22-19(25)13-10-23(11-13)20(26)16-9-21-17-5-3-2-4-15(16)17/h2-9,13,21H,10-11H2,1H3,(H,22,25). The molecule has 2 heterocycles. The third-order valence-corrected chi connectivity index (χ3v) is 5.05. The van der Waals surface area contributed by atoms with E-state index in [-0.39, 0.29) is 23.4 Å². The molecule has 0 saturated carbocycles. The van der Waals surface area contributed by atoms with Gasteiger partial charge in [0.15, 0.2) is 0 Å². The van der Waals surface area contributed by atoms with Gasteiger partial charge >= 0.3 is 0 Å². The number of nitrogens with zero attached hydrogens (tertiary/aromatic N) is 2. The van der Waals surface area contributed by atoms with Gasteiger partial charge in [-0.25, -0.2) is 0 Å². The fourth-order valence-corrected chi connectivity index (χ4v) is 3.32. The quantitative estimate of drug-likeness (QED) is 0.537. The molecule has 1 aromatic heterocycles. The number of hydrogen-bond acceptors (Lipinski definition) is 4. The second-order valence-electron chi connectivity index (χ2n) is 6.90. The lowest BCUT2D eigenvalue weighted by atomic mass is 9.97. The lowest BCUT2D eigenvalue weighted by Gasteiger charge is -2.38. The number of amides is 2. The summed E-state index contributed by atoms with van der Waals surface area (Å²) < 4.78 is 0. The number of fused-ring (bicyclic) bond motifs is 1. The van der Waals surface area contributed by atoms with Crippen LogP contribution in [0.3, 0.4) is 0 Å². The van der Waals surface area contributed by atoms with Crippen LogP contribution in [0.25, 0.3) is 10.9 Å². The lowest BCUT2D eigenvalue weighted by molar-refractivity contribution is -0.384. The zero-order chi connectivity index (χ0) is 19.8. The summed E-state index contributed by atoms with van der Waals surface area (Å²) in [7, 11) is 0. The van der Waals surface area contributed by atoms with Crippen LogP contribution in [0.2, 0.25) is 0 Å². The zero-order valence-electron chi connectivity index (χ0n) is 15.1. The van der Waals surface area contributed by atoms with Crippen LogP contribution in [0, 0.1) is 23.0 Å². The first-order chi connectivity index (χ1) is 13.4. The fraction of sp³-hybridized carbons (Fsp3) is 0.200. The van der Waals surface area contributed by atoms with Crippen LogP contribution >= 0.6 is 0 Å². The van der Waals surface area contributed by atoms with Crippen molar-refractivity contribution in [3.63, 3.8) is 0 Å². The van der Waals surface area contributed by atoms with Crippen LogP contribution in [0.15, 0.2) is 48.7 Å². The second kappa shape index (κ2) is 6.80. The van der Waals surface area contributed by atoms with E-state index in [1.807, 2.05) is 24.3 Å². The summed E-state index contributed by atoms with van der Waals surface area (Å²) in [5.74, 6) is -0.701. The Kier molecular flexibility index (Phi) is 4.31. The van der Waals surface area contributed by atoms with Crippen LogP contribution in [0.5, 0.6) is 0 Å². The van der Waals surface area contributed by atoms with Crippen molar-refractivity contribution in [2.24, 2.45) is 5.92 Å². The third-order valence-electron chi connectivity index (χ3n) is 5.05. The second-order valence-corrected chi connectivity index (χ2v) is 6.90. The summed E-state index contributed by atoms with van der Waals surface area (Å²) in [5.41, 5.74) is 2.56. The van der Waals surface area contributed by atoms with Crippen LogP contribution in [0.1, 0.15) is 15.9 Å². The minimum absolute atomic E-state index is 0.0781. The highest BCUT2D eigenvalue weighted by atomic mass is 16.6. The van der Waals surface area contributed by atoms with Crippen molar-refractivity contribution in [3.05, 3.63) is 69.9 Å². The van der Waals surface area contributed by atoms with E-state index in [0.29, 0.717) is 24.3 Å². The Morgan fingerprint density at radius 2 is 1.96 bits per heavy atom. The number of nitrogens with one attached hydrogen (secondary N) is 2. The molecule has 1 fully saturated rings. The molecule has 28 heavy (non-hydrogen) atoms. The van der Waals surface area contributed by atoms with Gasteiger partial charge in [0.25, 0.3) is 11.6 Å². The molecule has 4 rings (SSSR count). The number of nitro benzene ring substituents is 1. The van der Waals surface area contributed by atoms with Crippen molar-refractivity contribution in [1.82, 2.24) is 9.88 Å². The van der Waals surface area contributed by atoms with Crippen LogP contribution in [-0.2, 0) is 4.79 Å². The van der Waals surface area contributed by atoms with Crippen molar-refractivity contribution in [2.75, 3.05) is 18.4 Å². The summed E-state index contributed by atoms with van der Waals surface area (Å²) in [6.07, 6.45) is 1.69. The molecule has 2 amide bonds. The lowest BCUT2D eigenvalue weighted by Crippen LogP contribution is -2.54. The van der Waals surface area contributed by atoms with Gasteiger partial charge in [-0.05, 0) is 18.6 Å². The van der Waals surface area contributed by atoms with E-state index < -0.39 is 4.92 Å². The average molecular weight is 378 g/mol. The summed E-state index contributed by atoms with van der Waals surface area (Å²) in [5, 5.41) is 14.5. The maximum atomic E-state index is 12.7. The first kappa shape index (κ1) is 17.7. The molecule has 3 aromatic rings. The molecule has 0 radical (unpaired) electrons. The van der Waals surface area contributed by atoms with E-state index in [1.165, 1.54) is 12.1 Å². The van der Waals surface area contributed by atoms with Crippen molar-refractivity contribution < 1.29 is 14.5 Å². The first-order valence-corrected chi connectivity index (χ1v) is 8.85. The third kappa shape index (κ3) is 3.09. The number of likely N-dealkylation sites (tertiary alicyclic amines) is 1. The SMILES string of the molecule is Cc1ccc([N+](=O)[O-])cc1NC(=O)C1CN(C(=O)c2c[nH]c3ccccc23)C1. The topological polar surface area (TPSA) is 108 Å². The van der Waals surface area contributed by atoms with Gasteiger partial charge in [0, 0.05) is 42.3 Å². The molecule has 2 aromatic carbocycles. The predicted octanol–water partition coefficient (Wildman–Crippen LogP) is 3.10. The van der Waals surface area contributed by atoms with Crippen molar-refractivity contribution in [2.45, 2.75) is 6.92 Å². The van der Waals surface area contributed by atoms with Gasteiger partial charge < -0.3 is 15.2 Å². The van der Waals surface area contributed by atoms with E-state index in [4.69, 9.17) is 0 Å². The highest BCUT2D eigenvalue weighted by Gasteiger charge is 2.37. The van der Waals surface area contributed by atoms with Crippen molar-refractivity contribution in [1.29, 1.82) is 0 Å². The molecule has 0 bridgehead atoms. The monoisotopic (exact) mass is 378 g/mol. The smallest absolute Gasteiger partial charge is 0.271 e. The van der Waals surface area contributed by atoms with E-state index in [9.17, 15) is 19.7 Å². The summed E-state index contributed by atoms with van der Waals surface area (Å²) >= 11 is 0. The molecule has 1 aliphatic rings. The number of carbonyl (C=O) groups is 2. The number of benzene rings is 2. The Labute approximate surface area is 160 Å². The minimum atomic E-state index is -0.500. The van der Waals surface area contributed by atoms with E-state index in [0.717, 1.165) is 16.5 Å². The van der Waals surface area contributed by atoms with Gasteiger partial charge in [0.2, 0.25) is 5.91 Å². The highest BCUT2D eigenvalue weighted by Crippen LogP contribution is 2.26. The van der Waals surface area contributed by atoms with Crippen LogP contribution in [0.4, 0.5) is 11.4 Å². The molecular weight excluding hydrogens is 360 g/mol. The fourth-order valence-electron chi connectivity index (χ4n) is 3.32. The Morgan fingerprint density at radius 3 is 2.71 bits per heavy atom. The van der Waals surface area contributed by atoms with Crippen molar-refractivity contribution >= 4 is 34.1 Å². The number of hydrogen-bond donors (Lipinski definition) is 2. The largest absolute Gasteiger partial charge is 0.360 e. The molecule has 0 aliphatic carbocycles. The summed E-state index contributed by atoms with van der Waals surface area (Å²) in [6, 6.07) is 11.9. The van der Waals surface area contributed by atoms with Gasteiger partial charge in [-0.3, -0.25) is 19.7 Å². The maximum Gasteiger partial charge on any atom is 0.271 e. The summed E-state index contributed by atoms with van der Waals surface area (Å²) in [6.45, 7) is 2.41. The molecule has 0 spiro atoms. The molecule has 2 N–H and O–H groups in total. The maximum absolute atomic E-state index is 12.7. The molecule has 8 nitrogen and oxygen atoms in total. The Hall–Kier alpha value is -3.68. The number of nitro groups is 1. The van der Waals surface area contributed by atoms with Crippen LogP contribution < -0.4 is 5.32 Å². The number of carbonyl (C=O) groups excluding carboxylic acids is 2. The van der Waals surface area contributed by atoms with E-state index >= 15 is 0 Å². The molecular formula is C20H18N4O4. The number of aromatic amines is 1. The van der Waals surface area contributed by atoms with Gasteiger partial charge in [0.1, 0.15) is 0 Å². The van der Waals surface area contributed by atoms with Gasteiger partial charge in [-0.15, -0.1) is 0 Å². The Balaban J connectivity index is 1.41. The minimum Gasteiger partial charge on any atom is -0.360 e. The number of H-pyrrole nitrogens is 1. The molecule has 142 valence electrons. The molecule has 1 saturated heterocycles. The number of para-hydroxylation sites is 1. The van der Waals surface area contributed by atoms with Crippen LogP contribution in [-0.4, -0.2) is 39.7 Å². The number of aryl methyl sites for hydroxylation is 1. The molecule has 1 aliphatic heterocycles. The van der Waals surface area contributed by atoms with Gasteiger partial charge in [-0.1, -0.05) is 24.3 Å². The number of aromatic nitrogens is 1. The first-order valence-electron chi connectivity index (χ1n) is 8.85. The Morgan fingerprint density at radius 1 is 1.21 bits per heavy atom. The van der Waals surface area contributed by atoms with Gasteiger partial charge in [0.05, 0.1) is 22.1 Å². The van der Waals surface area contributed by atoms with E-state index in [1.54, 1.807) is 24.1 Å². The molecule has 8 heteroatoms. The Bertz CT molecular complexity index is 1100. The molecule has 0 unspecified atom stereocenters. The van der Waals surface area contributed by atoms with Gasteiger partial charge in [-0.2, -0.15) is 0 Å². The number of non-ortho nitro benzene ring substituents is 1. The average Bonchev–Trinajstić information content (AvgIpc) is 3.06. The normalized spacial score (nSPS) is 14.0. The van der Waals surface area contributed by atoms with Crippen molar-refractivity contribution in [3.8, 4) is 0 Å². The predicted molar refractivity (Wildman–Crippen MR) is 104 cm³/mol. The van der Waals surface area contributed by atoms with E-state index in [2.05, 4.69) is 10.3 Å². The summed E-state index contributed by atoms with van der Waals surface area (Å²) in [4.78, 5) is 40.3. The zero-order valence-corrected chi connectivity index (χ0v) is 15.1. The number of rotatable bonds is 4. The number of anilines is 1. The highest BCUT2D eigenvalue weighted by molar-refractivity contribution is 6.07. The molecule has 0 atom stereocenters.